The maximum absolute atomic E-state index is 12.5. The van der Waals surface area contributed by atoms with Gasteiger partial charge in [-0.25, -0.2) is 4.79 Å². The molecule has 0 radical (unpaired) electrons. The van der Waals surface area contributed by atoms with Crippen molar-refractivity contribution in [2.45, 2.75) is 51.0 Å². The smallest absolute Gasteiger partial charge is 0.327 e. The van der Waals surface area contributed by atoms with Crippen LogP contribution in [0.2, 0.25) is 0 Å². The van der Waals surface area contributed by atoms with Crippen LogP contribution in [0.3, 0.4) is 0 Å². The number of likely N-dealkylation sites (tertiary alicyclic amines) is 1. The summed E-state index contributed by atoms with van der Waals surface area (Å²) >= 11 is 0. The molecule has 1 aliphatic carbocycles. The van der Waals surface area contributed by atoms with Crippen molar-refractivity contribution >= 4 is 17.8 Å². The second-order valence-corrected chi connectivity index (χ2v) is 5.47. The van der Waals surface area contributed by atoms with Crippen molar-refractivity contribution in [2.75, 3.05) is 0 Å². The van der Waals surface area contributed by atoms with Crippen molar-refractivity contribution in [2.24, 2.45) is 5.41 Å². The second kappa shape index (κ2) is 5.15. The Morgan fingerprint density at radius 1 is 1.37 bits per heavy atom. The molecular weight excluding hydrogens is 246 g/mol. The normalized spacial score (nSPS) is 23.7. The topological polar surface area (TPSA) is 74.7 Å². The van der Waals surface area contributed by atoms with Crippen molar-refractivity contribution in [3.63, 3.8) is 0 Å². The zero-order chi connectivity index (χ0) is 14.0. The Bertz CT molecular complexity index is 423. The van der Waals surface area contributed by atoms with E-state index in [9.17, 15) is 19.5 Å². The van der Waals surface area contributed by atoms with Crippen LogP contribution >= 0.6 is 0 Å². The molecule has 1 spiro atoms. The molecule has 1 saturated heterocycles. The molecule has 5 nitrogen and oxygen atoms in total. The van der Waals surface area contributed by atoms with Crippen molar-refractivity contribution < 1.29 is 19.5 Å². The van der Waals surface area contributed by atoms with Crippen molar-refractivity contribution in [3.8, 4) is 0 Å². The fraction of sp³-hybridized carbons (Fsp3) is 0.643. The number of hydrogen-bond donors (Lipinski definition) is 1. The van der Waals surface area contributed by atoms with Crippen LogP contribution in [-0.4, -0.2) is 33.8 Å². The minimum atomic E-state index is -1.14. The van der Waals surface area contributed by atoms with E-state index in [1.807, 2.05) is 0 Å². The van der Waals surface area contributed by atoms with Crippen LogP contribution < -0.4 is 0 Å². The number of nitrogens with zero attached hydrogens (tertiary/aromatic N) is 1. The summed E-state index contributed by atoms with van der Waals surface area (Å²) in [6.45, 7) is 3.50. The van der Waals surface area contributed by atoms with Gasteiger partial charge in [0, 0.05) is 6.42 Å². The highest BCUT2D eigenvalue weighted by Crippen LogP contribution is 2.46. The predicted octanol–water partition coefficient (Wildman–Crippen LogP) is 1.73. The molecule has 2 rings (SSSR count). The third kappa shape index (κ3) is 2.29. The van der Waals surface area contributed by atoms with Crippen LogP contribution in [-0.2, 0) is 14.4 Å². The number of amides is 2. The minimum Gasteiger partial charge on any atom is -0.480 e. The Morgan fingerprint density at radius 3 is 2.53 bits per heavy atom. The van der Waals surface area contributed by atoms with Crippen LogP contribution in [0.25, 0.3) is 0 Å². The zero-order valence-electron chi connectivity index (χ0n) is 10.9. The molecule has 0 aromatic heterocycles. The highest BCUT2D eigenvalue weighted by atomic mass is 16.4. The first-order chi connectivity index (χ1) is 9.02. The van der Waals surface area contributed by atoms with Gasteiger partial charge in [-0.3, -0.25) is 14.5 Å². The van der Waals surface area contributed by atoms with E-state index in [2.05, 4.69) is 6.58 Å². The number of rotatable bonds is 4. The summed E-state index contributed by atoms with van der Waals surface area (Å²) in [7, 11) is 0. The number of carbonyl (C=O) groups is 3. The molecule has 1 unspecified atom stereocenters. The highest BCUT2D eigenvalue weighted by molar-refractivity contribution is 6.08. The van der Waals surface area contributed by atoms with Gasteiger partial charge < -0.3 is 5.11 Å². The van der Waals surface area contributed by atoms with E-state index < -0.39 is 17.4 Å². The zero-order valence-corrected chi connectivity index (χ0v) is 10.9. The molecule has 1 heterocycles. The van der Waals surface area contributed by atoms with Crippen LogP contribution in [0, 0.1) is 5.41 Å². The van der Waals surface area contributed by atoms with Gasteiger partial charge in [0.1, 0.15) is 6.04 Å². The lowest BCUT2D eigenvalue weighted by atomic mass is 9.73. The molecule has 0 bridgehead atoms. The quantitative estimate of drug-likeness (QED) is 0.620. The van der Waals surface area contributed by atoms with Crippen molar-refractivity contribution in [1.29, 1.82) is 0 Å². The van der Waals surface area contributed by atoms with E-state index in [4.69, 9.17) is 0 Å². The molecule has 1 aliphatic heterocycles. The molecule has 19 heavy (non-hydrogen) atoms. The van der Waals surface area contributed by atoms with E-state index >= 15 is 0 Å². The van der Waals surface area contributed by atoms with Crippen LogP contribution in [0.5, 0.6) is 0 Å². The first-order valence-corrected chi connectivity index (χ1v) is 6.72. The predicted molar refractivity (Wildman–Crippen MR) is 68.2 cm³/mol. The van der Waals surface area contributed by atoms with Gasteiger partial charge in [0.15, 0.2) is 0 Å². The molecule has 2 aliphatic rings. The van der Waals surface area contributed by atoms with E-state index in [-0.39, 0.29) is 24.7 Å². The van der Waals surface area contributed by atoms with Crippen LogP contribution in [0.15, 0.2) is 12.7 Å². The van der Waals surface area contributed by atoms with Gasteiger partial charge in [-0.15, -0.1) is 6.58 Å². The Labute approximate surface area is 112 Å². The molecule has 1 saturated carbocycles. The number of aliphatic carboxylic acids is 1. The summed E-state index contributed by atoms with van der Waals surface area (Å²) in [5.41, 5.74) is -0.621. The average molecular weight is 265 g/mol. The Balaban J connectivity index is 2.26. The largest absolute Gasteiger partial charge is 0.480 e. The molecule has 5 heteroatoms. The summed E-state index contributed by atoms with van der Waals surface area (Å²) in [6, 6.07) is -1.10. The Kier molecular flexibility index (Phi) is 3.73. The summed E-state index contributed by atoms with van der Waals surface area (Å²) in [5, 5.41) is 9.19. The summed E-state index contributed by atoms with van der Waals surface area (Å²) < 4.78 is 0. The lowest BCUT2D eigenvalue weighted by Crippen LogP contribution is -2.46. The van der Waals surface area contributed by atoms with Crippen LogP contribution in [0.1, 0.15) is 44.9 Å². The SMILES string of the molecule is C=CCC(C(=O)O)N1C(=O)CC2(CCCCC2)C1=O. The second-order valence-electron chi connectivity index (χ2n) is 5.47. The maximum atomic E-state index is 12.5. The molecule has 2 amide bonds. The summed E-state index contributed by atoms with van der Waals surface area (Å²) in [4.78, 5) is 36.8. The number of carbonyl (C=O) groups excluding carboxylic acids is 2. The van der Waals surface area contributed by atoms with Gasteiger partial charge in [-0.05, 0) is 19.3 Å². The summed E-state index contributed by atoms with van der Waals surface area (Å²) in [5.74, 6) is -1.78. The summed E-state index contributed by atoms with van der Waals surface area (Å²) in [6.07, 6.45) is 6.07. The van der Waals surface area contributed by atoms with Gasteiger partial charge in [0.25, 0.3) is 0 Å². The fourth-order valence-corrected chi connectivity index (χ4v) is 3.23. The van der Waals surface area contributed by atoms with Gasteiger partial charge in [0.05, 0.1) is 5.41 Å². The molecule has 1 N–H and O–H groups in total. The molecule has 104 valence electrons. The number of imide groups is 1. The highest BCUT2D eigenvalue weighted by Gasteiger charge is 2.54. The maximum Gasteiger partial charge on any atom is 0.327 e. The monoisotopic (exact) mass is 265 g/mol. The fourth-order valence-electron chi connectivity index (χ4n) is 3.23. The standard InChI is InChI=1S/C14H19NO4/c1-2-6-10(12(17)18)15-11(16)9-14(13(15)19)7-4-3-5-8-14/h2,10H,1,3-9H2,(H,17,18). The van der Waals surface area contributed by atoms with E-state index in [1.54, 1.807) is 0 Å². The van der Waals surface area contributed by atoms with Crippen molar-refractivity contribution in [1.82, 2.24) is 4.90 Å². The Hall–Kier alpha value is -1.65. The molecule has 0 aromatic carbocycles. The Morgan fingerprint density at radius 2 is 2.00 bits per heavy atom. The minimum absolute atomic E-state index is 0.100. The molecular formula is C14H19NO4. The number of hydrogen-bond acceptors (Lipinski definition) is 3. The lowest BCUT2D eigenvalue weighted by Gasteiger charge is -2.31. The van der Waals surface area contributed by atoms with Gasteiger partial charge in [-0.1, -0.05) is 25.3 Å². The van der Waals surface area contributed by atoms with E-state index in [0.29, 0.717) is 12.8 Å². The third-order valence-corrected chi connectivity index (χ3v) is 4.23. The third-order valence-electron chi connectivity index (χ3n) is 4.23. The number of carboxylic acids is 1. The van der Waals surface area contributed by atoms with Gasteiger partial charge in [-0.2, -0.15) is 0 Å². The molecule has 1 atom stereocenters. The van der Waals surface area contributed by atoms with E-state index in [0.717, 1.165) is 24.2 Å². The van der Waals surface area contributed by atoms with Crippen LogP contribution in [0.4, 0.5) is 0 Å². The molecule has 2 fully saturated rings. The first kappa shape index (κ1) is 13.8. The van der Waals surface area contributed by atoms with E-state index in [1.165, 1.54) is 6.08 Å². The molecule has 0 aromatic rings. The first-order valence-electron chi connectivity index (χ1n) is 6.72. The van der Waals surface area contributed by atoms with Gasteiger partial charge in [0.2, 0.25) is 11.8 Å². The van der Waals surface area contributed by atoms with Gasteiger partial charge >= 0.3 is 5.97 Å². The number of carboxylic acid groups (broad SMARTS) is 1. The average Bonchev–Trinajstić information content (AvgIpc) is 2.60. The van der Waals surface area contributed by atoms with Crippen molar-refractivity contribution in [3.05, 3.63) is 12.7 Å². The lowest BCUT2D eigenvalue weighted by molar-refractivity contribution is -0.155.